The van der Waals surface area contributed by atoms with Crippen molar-refractivity contribution in [3.8, 4) is 0 Å². The number of thiol groups is 1. The van der Waals surface area contributed by atoms with Crippen LogP contribution in [-0.4, -0.2) is 47.9 Å². The van der Waals surface area contributed by atoms with Gasteiger partial charge in [-0.1, -0.05) is 0 Å². The Labute approximate surface area is 81.3 Å². The van der Waals surface area contributed by atoms with E-state index in [-0.39, 0.29) is 0 Å². The van der Waals surface area contributed by atoms with Gasteiger partial charge in [0.2, 0.25) is 0 Å². The van der Waals surface area contributed by atoms with Crippen LogP contribution < -0.4 is 0 Å². The maximum atomic E-state index is 4.30. The molecule has 1 rings (SSSR count). The lowest BCUT2D eigenvalue weighted by Crippen LogP contribution is -2.34. The van der Waals surface area contributed by atoms with Crippen LogP contribution in [0.25, 0.3) is 0 Å². The summed E-state index contributed by atoms with van der Waals surface area (Å²) in [4.78, 5) is 4.95. The van der Waals surface area contributed by atoms with Crippen LogP contribution in [0.15, 0.2) is 0 Å². The molecule has 0 amide bonds. The minimum absolute atomic E-state index is 0.699. The third-order valence-electron chi connectivity index (χ3n) is 2.55. The van der Waals surface area contributed by atoms with Gasteiger partial charge in [0.1, 0.15) is 0 Å². The summed E-state index contributed by atoms with van der Waals surface area (Å²) >= 11 is 4.30. The van der Waals surface area contributed by atoms with E-state index in [1.54, 1.807) is 0 Å². The van der Waals surface area contributed by atoms with E-state index in [0.717, 1.165) is 5.88 Å². The summed E-state index contributed by atoms with van der Waals surface area (Å²) in [6, 6.07) is 0.699. The van der Waals surface area contributed by atoms with Crippen LogP contribution >= 0.6 is 12.6 Å². The van der Waals surface area contributed by atoms with Crippen LogP contribution in [0.3, 0.4) is 0 Å². The second kappa shape index (κ2) is 5.10. The summed E-state index contributed by atoms with van der Waals surface area (Å²) in [5.41, 5.74) is 0. The van der Waals surface area contributed by atoms with Gasteiger partial charge in [-0.25, -0.2) is 0 Å². The summed E-state index contributed by atoms with van der Waals surface area (Å²) < 4.78 is 0. The second-order valence-corrected chi connectivity index (χ2v) is 4.03. The molecule has 0 bridgehead atoms. The Bertz CT molecular complexity index is 128. The standard InChI is InChI=1S/C9H20N2S/c1-9(2)11-5-3-4-10(8-12)6-7-11/h9,12H,3-8H2,1-2H3. The van der Waals surface area contributed by atoms with Crippen molar-refractivity contribution in [2.75, 3.05) is 32.1 Å². The van der Waals surface area contributed by atoms with E-state index in [0.29, 0.717) is 6.04 Å². The third-order valence-corrected chi connectivity index (χ3v) is 2.95. The average molecular weight is 188 g/mol. The van der Waals surface area contributed by atoms with E-state index in [4.69, 9.17) is 0 Å². The van der Waals surface area contributed by atoms with Crippen LogP contribution in [0.2, 0.25) is 0 Å². The number of hydrogen-bond donors (Lipinski definition) is 1. The Morgan fingerprint density at radius 1 is 1.17 bits per heavy atom. The molecule has 1 saturated heterocycles. The first-order chi connectivity index (χ1) is 5.74. The molecule has 0 N–H and O–H groups in total. The largest absolute Gasteiger partial charge is 0.300 e. The van der Waals surface area contributed by atoms with Crippen molar-refractivity contribution < 1.29 is 0 Å². The molecule has 3 heteroatoms. The van der Waals surface area contributed by atoms with Gasteiger partial charge < -0.3 is 0 Å². The van der Waals surface area contributed by atoms with Crippen molar-refractivity contribution in [3.63, 3.8) is 0 Å². The van der Waals surface area contributed by atoms with E-state index < -0.39 is 0 Å². The van der Waals surface area contributed by atoms with Crippen molar-refractivity contribution in [3.05, 3.63) is 0 Å². The van der Waals surface area contributed by atoms with Gasteiger partial charge >= 0.3 is 0 Å². The van der Waals surface area contributed by atoms with E-state index in [1.165, 1.54) is 32.6 Å². The molecule has 0 spiro atoms. The fraction of sp³-hybridized carbons (Fsp3) is 1.00. The predicted molar refractivity (Wildman–Crippen MR) is 56.8 cm³/mol. The highest BCUT2D eigenvalue weighted by atomic mass is 32.1. The Balaban J connectivity index is 2.34. The zero-order valence-corrected chi connectivity index (χ0v) is 9.06. The van der Waals surface area contributed by atoms with Gasteiger partial charge in [-0.2, -0.15) is 12.6 Å². The molecule has 0 radical (unpaired) electrons. The highest BCUT2D eigenvalue weighted by Gasteiger charge is 2.15. The normalized spacial score (nSPS) is 23.0. The number of nitrogens with zero attached hydrogens (tertiary/aromatic N) is 2. The first-order valence-corrected chi connectivity index (χ1v) is 5.44. The second-order valence-electron chi connectivity index (χ2n) is 3.74. The summed E-state index contributed by atoms with van der Waals surface area (Å²) in [7, 11) is 0. The molecule has 0 atom stereocenters. The molecular weight excluding hydrogens is 168 g/mol. The smallest absolute Gasteiger partial charge is 0.0414 e. The minimum atomic E-state index is 0.699. The SMILES string of the molecule is CC(C)N1CCCN(CS)CC1. The molecule has 0 saturated carbocycles. The molecule has 1 fully saturated rings. The van der Waals surface area contributed by atoms with Crippen LogP contribution in [0, 0.1) is 0 Å². The van der Waals surface area contributed by atoms with Crippen molar-refractivity contribution in [2.45, 2.75) is 26.3 Å². The first-order valence-electron chi connectivity index (χ1n) is 4.81. The molecule has 72 valence electrons. The monoisotopic (exact) mass is 188 g/mol. The van der Waals surface area contributed by atoms with Crippen molar-refractivity contribution in [1.29, 1.82) is 0 Å². The molecule has 0 aromatic carbocycles. The van der Waals surface area contributed by atoms with Crippen molar-refractivity contribution in [2.24, 2.45) is 0 Å². The Kier molecular flexibility index (Phi) is 4.40. The molecule has 0 unspecified atom stereocenters. The minimum Gasteiger partial charge on any atom is -0.300 e. The molecule has 2 nitrogen and oxygen atoms in total. The lowest BCUT2D eigenvalue weighted by atomic mass is 10.3. The van der Waals surface area contributed by atoms with Crippen LogP contribution in [-0.2, 0) is 0 Å². The van der Waals surface area contributed by atoms with Gasteiger partial charge in [0.25, 0.3) is 0 Å². The lowest BCUT2D eigenvalue weighted by Gasteiger charge is -2.24. The van der Waals surface area contributed by atoms with Crippen LogP contribution in [0.1, 0.15) is 20.3 Å². The Morgan fingerprint density at radius 2 is 1.92 bits per heavy atom. The Morgan fingerprint density at radius 3 is 2.50 bits per heavy atom. The fourth-order valence-corrected chi connectivity index (χ4v) is 1.93. The molecule has 1 aliphatic rings. The maximum absolute atomic E-state index is 4.30. The third kappa shape index (κ3) is 2.96. The highest BCUT2D eigenvalue weighted by molar-refractivity contribution is 7.80. The van der Waals surface area contributed by atoms with E-state index in [2.05, 4.69) is 36.3 Å². The van der Waals surface area contributed by atoms with E-state index in [1.807, 2.05) is 0 Å². The Hall–Kier alpha value is 0.270. The summed E-state index contributed by atoms with van der Waals surface area (Å²) in [5, 5.41) is 0. The maximum Gasteiger partial charge on any atom is 0.0414 e. The quantitative estimate of drug-likeness (QED) is 0.652. The molecule has 0 aromatic rings. The highest BCUT2D eigenvalue weighted by Crippen LogP contribution is 2.06. The first kappa shape index (κ1) is 10.4. The van der Waals surface area contributed by atoms with Gasteiger partial charge in [-0.15, -0.1) is 0 Å². The zero-order chi connectivity index (χ0) is 8.97. The molecule has 1 heterocycles. The van der Waals surface area contributed by atoms with Crippen LogP contribution in [0.4, 0.5) is 0 Å². The van der Waals surface area contributed by atoms with E-state index >= 15 is 0 Å². The van der Waals surface area contributed by atoms with Gasteiger partial charge in [0.05, 0.1) is 0 Å². The fourth-order valence-electron chi connectivity index (χ4n) is 1.65. The molecule has 0 aromatic heterocycles. The van der Waals surface area contributed by atoms with Gasteiger partial charge in [0.15, 0.2) is 0 Å². The van der Waals surface area contributed by atoms with Gasteiger partial charge in [-0.05, 0) is 26.8 Å². The molecule has 1 aliphatic heterocycles. The average Bonchev–Trinajstić information content (AvgIpc) is 2.28. The van der Waals surface area contributed by atoms with Gasteiger partial charge in [-0.3, -0.25) is 9.80 Å². The number of rotatable bonds is 2. The zero-order valence-electron chi connectivity index (χ0n) is 8.16. The number of hydrogen-bond acceptors (Lipinski definition) is 3. The predicted octanol–water partition coefficient (Wildman–Crippen LogP) is 1.29. The molecule has 0 aliphatic carbocycles. The summed E-state index contributed by atoms with van der Waals surface area (Å²) in [5.74, 6) is 0.909. The van der Waals surface area contributed by atoms with Crippen molar-refractivity contribution >= 4 is 12.6 Å². The lowest BCUT2D eigenvalue weighted by molar-refractivity contribution is 0.227. The summed E-state index contributed by atoms with van der Waals surface area (Å²) in [6.45, 7) is 9.40. The van der Waals surface area contributed by atoms with Crippen LogP contribution in [0.5, 0.6) is 0 Å². The van der Waals surface area contributed by atoms with Gasteiger partial charge in [0, 0.05) is 31.6 Å². The molecular formula is C9H20N2S. The molecule has 12 heavy (non-hydrogen) atoms. The van der Waals surface area contributed by atoms with Crippen molar-refractivity contribution in [1.82, 2.24) is 9.80 Å². The summed E-state index contributed by atoms with van der Waals surface area (Å²) in [6.07, 6.45) is 1.29. The van der Waals surface area contributed by atoms with E-state index in [9.17, 15) is 0 Å². The topological polar surface area (TPSA) is 6.48 Å².